The summed E-state index contributed by atoms with van der Waals surface area (Å²) in [5.74, 6) is 0. The van der Waals surface area contributed by atoms with Crippen LogP contribution >= 0.6 is 12.4 Å². The SMILES string of the molecule is Cl.c1ccc(N(CCN2CCCCC2)C2CCCCC2)cc1. The topological polar surface area (TPSA) is 6.48 Å². The number of rotatable bonds is 5. The third-order valence-electron chi connectivity index (χ3n) is 5.21. The quantitative estimate of drug-likeness (QED) is 0.773. The highest BCUT2D eigenvalue weighted by Crippen LogP contribution is 2.27. The molecular formula is C19H31ClN2. The van der Waals surface area contributed by atoms with Crippen LogP contribution in [0.25, 0.3) is 0 Å². The molecule has 1 aliphatic heterocycles. The van der Waals surface area contributed by atoms with Crippen molar-refractivity contribution in [1.29, 1.82) is 0 Å². The third-order valence-corrected chi connectivity index (χ3v) is 5.21. The maximum atomic E-state index is 2.70. The lowest BCUT2D eigenvalue weighted by atomic mass is 9.93. The van der Waals surface area contributed by atoms with E-state index < -0.39 is 0 Å². The van der Waals surface area contributed by atoms with Gasteiger partial charge in [-0.15, -0.1) is 12.4 Å². The minimum Gasteiger partial charge on any atom is -0.367 e. The summed E-state index contributed by atoms with van der Waals surface area (Å²) in [4.78, 5) is 5.37. The summed E-state index contributed by atoms with van der Waals surface area (Å²) in [5.41, 5.74) is 1.43. The van der Waals surface area contributed by atoms with Gasteiger partial charge in [0.05, 0.1) is 0 Å². The van der Waals surface area contributed by atoms with Gasteiger partial charge in [0, 0.05) is 24.8 Å². The molecule has 0 radical (unpaired) electrons. The van der Waals surface area contributed by atoms with Crippen molar-refractivity contribution in [2.24, 2.45) is 0 Å². The fraction of sp³-hybridized carbons (Fsp3) is 0.684. The van der Waals surface area contributed by atoms with Crippen LogP contribution in [-0.2, 0) is 0 Å². The van der Waals surface area contributed by atoms with Crippen molar-refractivity contribution in [3.05, 3.63) is 30.3 Å². The van der Waals surface area contributed by atoms with Crippen LogP contribution in [0, 0.1) is 0 Å². The van der Waals surface area contributed by atoms with E-state index in [1.165, 1.54) is 83.2 Å². The molecule has 0 spiro atoms. The molecule has 0 aromatic heterocycles. The molecule has 1 aliphatic carbocycles. The number of hydrogen-bond acceptors (Lipinski definition) is 2. The molecule has 22 heavy (non-hydrogen) atoms. The van der Waals surface area contributed by atoms with E-state index in [1.807, 2.05) is 0 Å². The number of anilines is 1. The first-order valence-corrected chi connectivity index (χ1v) is 8.97. The van der Waals surface area contributed by atoms with Crippen molar-refractivity contribution in [2.75, 3.05) is 31.1 Å². The first kappa shape index (κ1) is 17.6. The van der Waals surface area contributed by atoms with Crippen molar-refractivity contribution in [3.63, 3.8) is 0 Å². The first-order valence-electron chi connectivity index (χ1n) is 8.97. The Balaban J connectivity index is 0.00000176. The Hall–Kier alpha value is -0.730. The van der Waals surface area contributed by atoms with Gasteiger partial charge in [0.1, 0.15) is 0 Å². The highest BCUT2D eigenvalue weighted by molar-refractivity contribution is 5.85. The van der Waals surface area contributed by atoms with Crippen LogP contribution in [0.2, 0.25) is 0 Å². The van der Waals surface area contributed by atoms with E-state index in [1.54, 1.807) is 0 Å². The number of hydrogen-bond donors (Lipinski definition) is 0. The molecule has 1 aromatic carbocycles. The molecule has 1 saturated carbocycles. The molecule has 0 atom stereocenters. The molecule has 2 nitrogen and oxygen atoms in total. The van der Waals surface area contributed by atoms with E-state index in [2.05, 4.69) is 40.1 Å². The van der Waals surface area contributed by atoms with Gasteiger partial charge in [0.25, 0.3) is 0 Å². The van der Waals surface area contributed by atoms with Gasteiger partial charge in [0.15, 0.2) is 0 Å². The third kappa shape index (κ3) is 4.89. The van der Waals surface area contributed by atoms with Crippen molar-refractivity contribution >= 4 is 18.1 Å². The van der Waals surface area contributed by atoms with Gasteiger partial charge < -0.3 is 9.80 Å². The molecular weight excluding hydrogens is 292 g/mol. The zero-order valence-corrected chi connectivity index (χ0v) is 14.6. The Labute approximate surface area is 142 Å². The molecule has 0 unspecified atom stereocenters. The molecule has 1 aromatic rings. The number of piperidine rings is 1. The fourth-order valence-corrected chi connectivity index (χ4v) is 3.97. The monoisotopic (exact) mass is 322 g/mol. The zero-order chi connectivity index (χ0) is 14.3. The number of halogens is 1. The molecule has 124 valence electrons. The number of nitrogens with zero attached hydrogens (tertiary/aromatic N) is 2. The normalized spacial score (nSPS) is 20.4. The largest absolute Gasteiger partial charge is 0.367 e. The molecule has 0 N–H and O–H groups in total. The Morgan fingerprint density at radius 3 is 2.18 bits per heavy atom. The molecule has 2 fully saturated rings. The van der Waals surface area contributed by atoms with Crippen molar-refractivity contribution < 1.29 is 0 Å². The van der Waals surface area contributed by atoms with Crippen LogP contribution in [0.4, 0.5) is 5.69 Å². The summed E-state index contributed by atoms with van der Waals surface area (Å²) < 4.78 is 0. The number of para-hydroxylation sites is 1. The van der Waals surface area contributed by atoms with E-state index in [0.29, 0.717) is 0 Å². The van der Waals surface area contributed by atoms with E-state index >= 15 is 0 Å². The highest BCUT2D eigenvalue weighted by atomic mass is 35.5. The van der Waals surface area contributed by atoms with Gasteiger partial charge >= 0.3 is 0 Å². The van der Waals surface area contributed by atoms with Crippen molar-refractivity contribution in [3.8, 4) is 0 Å². The minimum atomic E-state index is 0. The lowest BCUT2D eigenvalue weighted by Crippen LogP contribution is -2.43. The van der Waals surface area contributed by atoms with Crippen LogP contribution in [0.3, 0.4) is 0 Å². The van der Waals surface area contributed by atoms with Crippen LogP contribution in [0.15, 0.2) is 30.3 Å². The van der Waals surface area contributed by atoms with Gasteiger partial charge in [-0.2, -0.15) is 0 Å². The number of benzene rings is 1. The predicted molar refractivity (Wildman–Crippen MR) is 98.2 cm³/mol. The van der Waals surface area contributed by atoms with E-state index in [4.69, 9.17) is 0 Å². The Morgan fingerprint density at radius 2 is 1.50 bits per heavy atom. The zero-order valence-electron chi connectivity index (χ0n) is 13.8. The van der Waals surface area contributed by atoms with Gasteiger partial charge in [-0.25, -0.2) is 0 Å². The van der Waals surface area contributed by atoms with Gasteiger partial charge in [-0.3, -0.25) is 0 Å². The van der Waals surface area contributed by atoms with Crippen molar-refractivity contribution in [1.82, 2.24) is 4.90 Å². The maximum Gasteiger partial charge on any atom is 0.0369 e. The van der Waals surface area contributed by atoms with Gasteiger partial charge in [-0.05, 0) is 50.9 Å². The van der Waals surface area contributed by atoms with E-state index in [0.717, 1.165) is 6.04 Å². The maximum absolute atomic E-state index is 2.70. The molecule has 3 heteroatoms. The Morgan fingerprint density at radius 1 is 0.864 bits per heavy atom. The van der Waals surface area contributed by atoms with Crippen LogP contribution in [-0.4, -0.2) is 37.1 Å². The van der Waals surface area contributed by atoms with Crippen LogP contribution < -0.4 is 4.90 Å². The average molecular weight is 323 g/mol. The molecule has 0 amide bonds. The second kappa shape index (κ2) is 9.42. The second-order valence-corrected chi connectivity index (χ2v) is 6.72. The predicted octanol–water partition coefficient (Wildman–Crippen LogP) is 4.73. The smallest absolute Gasteiger partial charge is 0.0369 e. The Kier molecular flexibility index (Phi) is 7.54. The summed E-state index contributed by atoms with van der Waals surface area (Å²) in [6.45, 7) is 5.07. The lowest BCUT2D eigenvalue weighted by molar-refractivity contribution is 0.230. The Bertz CT molecular complexity index is 397. The summed E-state index contributed by atoms with van der Waals surface area (Å²) in [6, 6.07) is 11.9. The fourth-order valence-electron chi connectivity index (χ4n) is 3.97. The first-order chi connectivity index (χ1) is 10.4. The standard InChI is InChI=1S/C19H30N2.ClH/c1-4-10-18(11-5-1)21(19-12-6-2-7-13-19)17-16-20-14-8-3-9-15-20;/h1,4-5,10-11,19H,2-3,6-9,12-17H2;1H. The summed E-state index contributed by atoms with van der Waals surface area (Å²) in [6.07, 6.45) is 11.3. The summed E-state index contributed by atoms with van der Waals surface area (Å²) in [7, 11) is 0. The highest BCUT2D eigenvalue weighted by Gasteiger charge is 2.22. The van der Waals surface area contributed by atoms with Gasteiger partial charge in [0.2, 0.25) is 0 Å². The van der Waals surface area contributed by atoms with Crippen LogP contribution in [0.1, 0.15) is 51.4 Å². The summed E-state index contributed by atoms with van der Waals surface area (Å²) in [5, 5.41) is 0. The number of likely N-dealkylation sites (tertiary alicyclic amines) is 1. The molecule has 1 saturated heterocycles. The van der Waals surface area contributed by atoms with E-state index in [9.17, 15) is 0 Å². The molecule has 2 aliphatic rings. The van der Waals surface area contributed by atoms with Crippen molar-refractivity contribution in [2.45, 2.75) is 57.4 Å². The van der Waals surface area contributed by atoms with Gasteiger partial charge in [-0.1, -0.05) is 43.9 Å². The van der Waals surface area contributed by atoms with E-state index in [-0.39, 0.29) is 12.4 Å². The molecule has 3 rings (SSSR count). The summed E-state index contributed by atoms with van der Waals surface area (Å²) >= 11 is 0. The minimum absolute atomic E-state index is 0. The second-order valence-electron chi connectivity index (χ2n) is 6.72. The van der Waals surface area contributed by atoms with Crippen LogP contribution in [0.5, 0.6) is 0 Å². The molecule has 1 heterocycles. The lowest BCUT2D eigenvalue weighted by Gasteiger charge is -2.38. The average Bonchev–Trinajstić information content (AvgIpc) is 2.58. The molecule has 0 bridgehead atoms.